The summed E-state index contributed by atoms with van der Waals surface area (Å²) in [6, 6.07) is 21.5. The van der Waals surface area contributed by atoms with Gasteiger partial charge in [-0.15, -0.1) is 0 Å². The molecule has 3 aromatic carbocycles. The molecule has 0 bridgehead atoms. The number of ether oxygens (including phenoxy) is 2. The number of carbonyl (C=O) groups is 1. The molecular weight excluding hydrogens is 418 g/mol. The summed E-state index contributed by atoms with van der Waals surface area (Å²) in [4.78, 5) is 11.9. The standard InChI is InChI=1S/C23H23NO6S/c1-24(31(27,28)21-9-4-3-5-10-21)16-17-11-13-19(14-12-17)30-22(23(25)26)18-7-6-8-20(15-18)29-2/h3-15,22H,16H2,1-2H3,(H,25,26). The Morgan fingerprint density at radius 1 is 0.968 bits per heavy atom. The number of aliphatic carboxylic acids is 1. The van der Waals surface area contributed by atoms with Crippen molar-refractivity contribution in [3.8, 4) is 11.5 Å². The normalized spacial score (nSPS) is 12.4. The van der Waals surface area contributed by atoms with Crippen molar-refractivity contribution in [2.75, 3.05) is 14.2 Å². The monoisotopic (exact) mass is 441 g/mol. The molecule has 0 fully saturated rings. The van der Waals surface area contributed by atoms with Crippen LogP contribution in [-0.4, -0.2) is 38.0 Å². The van der Waals surface area contributed by atoms with E-state index in [-0.39, 0.29) is 11.4 Å². The quantitative estimate of drug-likeness (QED) is 0.544. The maximum Gasteiger partial charge on any atom is 0.349 e. The molecule has 8 heteroatoms. The van der Waals surface area contributed by atoms with Crippen molar-refractivity contribution >= 4 is 16.0 Å². The summed E-state index contributed by atoms with van der Waals surface area (Å²) in [6.07, 6.45) is -1.21. The third-order valence-corrected chi connectivity index (χ3v) is 6.47. The van der Waals surface area contributed by atoms with Crippen molar-refractivity contribution in [2.24, 2.45) is 0 Å². The van der Waals surface area contributed by atoms with Crippen LogP contribution in [0.4, 0.5) is 0 Å². The zero-order valence-electron chi connectivity index (χ0n) is 17.1. The van der Waals surface area contributed by atoms with E-state index in [4.69, 9.17) is 9.47 Å². The van der Waals surface area contributed by atoms with Crippen LogP contribution in [0.25, 0.3) is 0 Å². The highest BCUT2D eigenvalue weighted by Crippen LogP contribution is 2.26. The molecule has 0 spiro atoms. The zero-order valence-corrected chi connectivity index (χ0v) is 18.0. The second kappa shape index (κ2) is 9.63. The fraction of sp³-hybridized carbons (Fsp3) is 0.174. The molecule has 0 aliphatic rings. The number of hydrogen-bond donors (Lipinski definition) is 1. The lowest BCUT2D eigenvalue weighted by Crippen LogP contribution is -2.26. The Balaban J connectivity index is 1.72. The zero-order chi connectivity index (χ0) is 22.4. The van der Waals surface area contributed by atoms with E-state index in [9.17, 15) is 18.3 Å². The second-order valence-electron chi connectivity index (χ2n) is 6.83. The maximum absolute atomic E-state index is 12.7. The van der Waals surface area contributed by atoms with E-state index in [0.29, 0.717) is 17.1 Å². The van der Waals surface area contributed by atoms with Crippen LogP contribution in [0.1, 0.15) is 17.2 Å². The maximum atomic E-state index is 12.7. The molecule has 1 N–H and O–H groups in total. The molecule has 1 unspecified atom stereocenters. The first-order valence-electron chi connectivity index (χ1n) is 9.45. The molecule has 31 heavy (non-hydrogen) atoms. The molecular formula is C23H23NO6S. The van der Waals surface area contributed by atoms with E-state index in [1.807, 2.05) is 0 Å². The van der Waals surface area contributed by atoms with E-state index in [1.165, 1.54) is 18.5 Å². The van der Waals surface area contributed by atoms with Crippen molar-refractivity contribution in [1.29, 1.82) is 0 Å². The molecule has 7 nitrogen and oxygen atoms in total. The average Bonchev–Trinajstić information content (AvgIpc) is 2.78. The van der Waals surface area contributed by atoms with Gasteiger partial charge in [-0.3, -0.25) is 0 Å². The van der Waals surface area contributed by atoms with Gasteiger partial charge in [0.15, 0.2) is 0 Å². The van der Waals surface area contributed by atoms with Gasteiger partial charge in [0.1, 0.15) is 11.5 Å². The molecule has 3 aromatic rings. The number of nitrogens with zero attached hydrogens (tertiary/aromatic N) is 1. The predicted molar refractivity (Wildman–Crippen MR) is 116 cm³/mol. The lowest BCUT2D eigenvalue weighted by Gasteiger charge is -2.18. The molecule has 0 saturated heterocycles. The van der Waals surface area contributed by atoms with E-state index >= 15 is 0 Å². The summed E-state index contributed by atoms with van der Waals surface area (Å²) >= 11 is 0. The molecule has 162 valence electrons. The van der Waals surface area contributed by atoms with Crippen molar-refractivity contribution in [1.82, 2.24) is 4.31 Å². The van der Waals surface area contributed by atoms with Gasteiger partial charge in [0.25, 0.3) is 0 Å². The Bertz CT molecular complexity index is 1130. The highest BCUT2D eigenvalue weighted by atomic mass is 32.2. The first-order valence-corrected chi connectivity index (χ1v) is 10.9. The van der Waals surface area contributed by atoms with Crippen LogP contribution in [0.3, 0.4) is 0 Å². The number of benzene rings is 3. The van der Waals surface area contributed by atoms with Crippen LogP contribution in [0.5, 0.6) is 11.5 Å². The van der Waals surface area contributed by atoms with Crippen LogP contribution < -0.4 is 9.47 Å². The van der Waals surface area contributed by atoms with Gasteiger partial charge in [0.05, 0.1) is 12.0 Å². The third kappa shape index (κ3) is 5.42. The van der Waals surface area contributed by atoms with Crippen LogP contribution in [0.2, 0.25) is 0 Å². The van der Waals surface area contributed by atoms with Crippen LogP contribution in [0.15, 0.2) is 83.8 Å². The summed E-state index contributed by atoms with van der Waals surface area (Å²) < 4.78 is 37.4. The molecule has 0 amide bonds. The molecule has 0 heterocycles. The first kappa shape index (κ1) is 22.3. The van der Waals surface area contributed by atoms with Gasteiger partial charge in [-0.05, 0) is 42.0 Å². The molecule has 0 radical (unpaired) electrons. The predicted octanol–water partition coefficient (Wildman–Crippen LogP) is 3.72. The minimum absolute atomic E-state index is 0.162. The first-order chi connectivity index (χ1) is 14.8. The van der Waals surface area contributed by atoms with E-state index in [1.54, 1.807) is 78.9 Å². The van der Waals surface area contributed by atoms with Crippen molar-refractivity contribution in [2.45, 2.75) is 17.5 Å². The number of carboxylic acid groups (broad SMARTS) is 1. The summed E-state index contributed by atoms with van der Waals surface area (Å²) in [5, 5.41) is 9.58. The SMILES string of the molecule is COc1cccc(C(Oc2ccc(CN(C)S(=O)(=O)c3ccccc3)cc2)C(=O)O)c1. The van der Waals surface area contributed by atoms with Gasteiger partial charge in [-0.1, -0.05) is 42.5 Å². The van der Waals surface area contributed by atoms with Crippen LogP contribution in [-0.2, 0) is 21.4 Å². The minimum Gasteiger partial charge on any atom is -0.497 e. The second-order valence-corrected chi connectivity index (χ2v) is 8.88. The highest BCUT2D eigenvalue weighted by Gasteiger charge is 2.23. The molecule has 0 aromatic heterocycles. The highest BCUT2D eigenvalue weighted by molar-refractivity contribution is 7.89. The largest absolute Gasteiger partial charge is 0.497 e. The van der Waals surface area contributed by atoms with Gasteiger partial charge >= 0.3 is 5.97 Å². The van der Waals surface area contributed by atoms with E-state index in [2.05, 4.69) is 0 Å². The fourth-order valence-electron chi connectivity index (χ4n) is 2.99. The van der Waals surface area contributed by atoms with Crippen LogP contribution in [0, 0.1) is 0 Å². The van der Waals surface area contributed by atoms with Gasteiger partial charge < -0.3 is 14.6 Å². The lowest BCUT2D eigenvalue weighted by atomic mass is 10.1. The Morgan fingerprint density at radius 2 is 1.65 bits per heavy atom. The Morgan fingerprint density at radius 3 is 2.26 bits per heavy atom. The number of methoxy groups -OCH3 is 1. The fourth-order valence-corrected chi connectivity index (χ4v) is 4.17. The van der Waals surface area contributed by atoms with Gasteiger partial charge in [0.2, 0.25) is 16.1 Å². The molecule has 0 aliphatic heterocycles. The Hall–Kier alpha value is -3.36. The third-order valence-electron chi connectivity index (χ3n) is 4.65. The summed E-state index contributed by atoms with van der Waals surface area (Å²) in [7, 11) is -0.594. The van der Waals surface area contributed by atoms with Crippen molar-refractivity contribution in [3.63, 3.8) is 0 Å². The lowest BCUT2D eigenvalue weighted by molar-refractivity contribution is -0.145. The van der Waals surface area contributed by atoms with Crippen LogP contribution >= 0.6 is 0 Å². The Kier molecular flexibility index (Phi) is 6.94. The smallest absolute Gasteiger partial charge is 0.349 e. The molecule has 0 saturated carbocycles. The van der Waals surface area contributed by atoms with Gasteiger partial charge in [-0.25, -0.2) is 13.2 Å². The summed E-state index contributed by atoms with van der Waals surface area (Å²) in [5.74, 6) is -0.246. The average molecular weight is 442 g/mol. The van der Waals surface area contributed by atoms with E-state index in [0.717, 1.165) is 5.56 Å². The summed E-state index contributed by atoms with van der Waals surface area (Å²) in [6.45, 7) is 0.162. The number of carboxylic acids is 1. The van der Waals surface area contributed by atoms with Crippen molar-refractivity contribution < 1.29 is 27.8 Å². The Labute approximate surface area is 181 Å². The number of hydrogen-bond acceptors (Lipinski definition) is 5. The summed E-state index contributed by atoms with van der Waals surface area (Å²) in [5.41, 5.74) is 1.19. The minimum atomic E-state index is -3.61. The number of sulfonamides is 1. The molecule has 3 rings (SSSR count). The topological polar surface area (TPSA) is 93.1 Å². The van der Waals surface area contributed by atoms with E-state index < -0.39 is 22.1 Å². The number of rotatable bonds is 9. The van der Waals surface area contributed by atoms with Gasteiger partial charge in [0, 0.05) is 19.2 Å². The molecule has 1 atom stereocenters. The van der Waals surface area contributed by atoms with Crippen molar-refractivity contribution in [3.05, 3.63) is 90.0 Å². The van der Waals surface area contributed by atoms with Gasteiger partial charge in [-0.2, -0.15) is 4.31 Å². The molecule has 0 aliphatic carbocycles.